The van der Waals surface area contributed by atoms with Crippen LogP contribution < -0.4 is 10.9 Å². The van der Waals surface area contributed by atoms with Crippen molar-refractivity contribution in [2.24, 2.45) is 0 Å². The number of H-pyrrole nitrogens is 1. The molecule has 0 aromatic carbocycles. The van der Waals surface area contributed by atoms with Crippen LogP contribution in [0.5, 0.6) is 0 Å². The van der Waals surface area contributed by atoms with Gasteiger partial charge in [-0.25, -0.2) is 4.98 Å². The van der Waals surface area contributed by atoms with E-state index in [1.165, 1.54) is 6.33 Å². The van der Waals surface area contributed by atoms with E-state index in [2.05, 4.69) is 29.1 Å². The molecule has 5 heteroatoms. The number of hydrogen-bond acceptors (Lipinski definition) is 3. The molecule has 0 spiro atoms. The zero-order valence-electron chi connectivity index (χ0n) is 8.30. The highest BCUT2D eigenvalue weighted by Crippen LogP contribution is 2.15. The van der Waals surface area contributed by atoms with Gasteiger partial charge >= 0.3 is 0 Å². The predicted octanol–water partition coefficient (Wildman–Crippen LogP) is 2.02. The fourth-order valence-corrected chi connectivity index (χ4v) is 1.33. The summed E-state index contributed by atoms with van der Waals surface area (Å²) in [6, 6.07) is 0.307. The van der Waals surface area contributed by atoms with Crippen molar-refractivity contribution in [3.05, 3.63) is 21.7 Å². The van der Waals surface area contributed by atoms with Crippen LogP contribution in [-0.2, 0) is 0 Å². The largest absolute Gasteiger partial charge is 0.366 e. The van der Waals surface area contributed by atoms with Crippen molar-refractivity contribution in [1.29, 1.82) is 0 Å². The molecule has 0 aliphatic rings. The Labute approximate surface area is 87.7 Å². The third-order valence-electron chi connectivity index (χ3n) is 2.12. The third kappa shape index (κ3) is 2.48. The molecule has 0 atom stereocenters. The minimum atomic E-state index is -0.310. The number of anilines is 1. The molecule has 1 aromatic heterocycles. The predicted molar refractivity (Wildman–Crippen MR) is 57.9 cm³/mol. The van der Waals surface area contributed by atoms with Crippen LogP contribution in [0.1, 0.15) is 26.7 Å². The Hall–Kier alpha value is -1.03. The number of nitrogens with zero attached hydrogens (tertiary/aromatic N) is 1. The summed E-state index contributed by atoms with van der Waals surface area (Å²) in [5.41, 5.74) is -0.310. The first-order chi connectivity index (χ1) is 6.69. The van der Waals surface area contributed by atoms with Crippen molar-refractivity contribution in [3.8, 4) is 0 Å². The molecule has 0 unspecified atom stereocenters. The molecule has 0 radical (unpaired) electrons. The van der Waals surface area contributed by atoms with E-state index in [0.29, 0.717) is 11.9 Å². The molecule has 0 saturated carbocycles. The fraction of sp³-hybridized carbons (Fsp3) is 0.556. The van der Waals surface area contributed by atoms with Crippen molar-refractivity contribution in [2.75, 3.05) is 5.32 Å². The van der Waals surface area contributed by atoms with Crippen LogP contribution in [0.2, 0.25) is 5.02 Å². The summed E-state index contributed by atoms with van der Waals surface area (Å²) < 4.78 is 0. The number of aromatic nitrogens is 2. The minimum Gasteiger partial charge on any atom is -0.366 e. The summed E-state index contributed by atoms with van der Waals surface area (Å²) in [5.74, 6) is 0.462. The Bertz CT molecular complexity index is 346. The molecular formula is C9H14ClN3O. The van der Waals surface area contributed by atoms with Gasteiger partial charge in [-0.15, -0.1) is 0 Å². The van der Waals surface area contributed by atoms with E-state index < -0.39 is 0 Å². The van der Waals surface area contributed by atoms with Crippen molar-refractivity contribution >= 4 is 17.4 Å². The molecule has 0 amide bonds. The highest BCUT2D eigenvalue weighted by molar-refractivity contribution is 6.32. The van der Waals surface area contributed by atoms with Crippen molar-refractivity contribution in [1.82, 2.24) is 9.97 Å². The van der Waals surface area contributed by atoms with Gasteiger partial charge in [0.2, 0.25) is 0 Å². The lowest BCUT2D eigenvalue weighted by atomic mass is 10.2. The highest BCUT2D eigenvalue weighted by Gasteiger charge is 2.09. The molecule has 1 heterocycles. The van der Waals surface area contributed by atoms with Crippen LogP contribution in [0.3, 0.4) is 0 Å². The Morgan fingerprint density at radius 3 is 2.79 bits per heavy atom. The van der Waals surface area contributed by atoms with Gasteiger partial charge in [-0.1, -0.05) is 25.4 Å². The second kappa shape index (κ2) is 5.00. The average Bonchev–Trinajstić information content (AvgIpc) is 2.20. The Balaban J connectivity index is 2.86. The van der Waals surface area contributed by atoms with E-state index in [1.54, 1.807) is 0 Å². The number of rotatable bonds is 4. The first-order valence-electron chi connectivity index (χ1n) is 4.68. The monoisotopic (exact) mass is 215 g/mol. The molecule has 0 fully saturated rings. The number of halogens is 1. The van der Waals surface area contributed by atoms with Crippen molar-refractivity contribution in [2.45, 2.75) is 32.7 Å². The van der Waals surface area contributed by atoms with Crippen LogP contribution in [0.25, 0.3) is 0 Å². The smallest absolute Gasteiger partial charge is 0.271 e. The highest BCUT2D eigenvalue weighted by atomic mass is 35.5. The second-order valence-corrected chi connectivity index (χ2v) is 3.43. The van der Waals surface area contributed by atoms with Gasteiger partial charge < -0.3 is 10.3 Å². The molecule has 0 aliphatic heterocycles. The normalized spacial score (nSPS) is 10.6. The maximum Gasteiger partial charge on any atom is 0.271 e. The molecule has 1 rings (SSSR count). The topological polar surface area (TPSA) is 57.8 Å². The molecule has 1 aromatic rings. The lowest BCUT2D eigenvalue weighted by Crippen LogP contribution is -2.20. The first-order valence-corrected chi connectivity index (χ1v) is 5.06. The lowest BCUT2D eigenvalue weighted by Gasteiger charge is -2.15. The molecular weight excluding hydrogens is 202 g/mol. The fourth-order valence-electron chi connectivity index (χ4n) is 1.17. The number of hydrogen-bond donors (Lipinski definition) is 2. The van der Waals surface area contributed by atoms with Crippen LogP contribution in [0.15, 0.2) is 11.1 Å². The maximum absolute atomic E-state index is 11.1. The van der Waals surface area contributed by atoms with Gasteiger partial charge in [0, 0.05) is 6.04 Å². The third-order valence-corrected chi connectivity index (χ3v) is 2.47. The summed E-state index contributed by atoms with van der Waals surface area (Å²) in [5, 5.41) is 3.25. The van der Waals surface area contributed by atoms with Crippen molar-refractivity contribution < 1.29 is 0 Å². The first kappa shape index (κ1) is 11.0. The van der Waals surface area contributed by atoms with Gasteiger partial charge in [0.05, 0.1) is 6.33 Å². The van der Waals surface area contributed by atoms with Gasteiger partial charge in [0.1, 0.15) is 5.02 Å². The van der Waals surface area contributed by atoms with E-state index in [-0.39, 0.29) is 10.6 Å². The molecule has 0 bridgehead atoms. The van der Waals surface area contributed by atoms with E-state index in [1.807, 2.05) is 0 Å². The quantitative estimate of drug-likeness (QED) is 0.808. The van der Waals surface area contributed by atoms with Crippen LogP contribution in [0, 0.1) is 0 Å². The molecule has 78 valence electrons. The van der Waals surface area contributed by atoms with Crippen molar-refractivity contribution in [3.63, 3.8) is 0 Å². The lowest BCUT2D eigenvalue weighted by molar-refractivity contribution is 0.668. The summed E-state index contributed by atoms with van der Waals surface area (Å²) in [6.07, 6.45) is 3.29. The number of aromatic amines is 1. The van der Waals surface area contributed by atoms with Gasteiger partial charge in [-0.2, -0.15) is 0 Å². The maximum atomic E-state index is 11.1. The summed E-state index contributed by atoms with van der Waals surface area (Å²) in [4.78, 5) is 17.5. The Morgan fingerprint density at radius 1 is 1.57 bits per heavy atom. The second-order valence-electron chi connectivity index (χ2n) is 3.05. The Kier molecular flexibility index (Phi) is 3.95. The molecule has 2 N–H and O–H groups in total. The minimum absolute atomic E-state index is 0.124. The van der Waals surface area contributed by atoms with E-state index >= 15 is 0 Å². The van der Waals surface area contributed by atoms with Crippen LogP contribution >= 0.6 is 11.6 Å². The molecule has 14 heavy (non-hydrogen) atoms. The van der Waals surface area contributed by atoms with Crippen LogP contribution in [0.4, 0.5) is 5.82 Å². The molecule has 0 saturated heterocycles. The van der Waals surface area contributed by atoms with Gasteiger partial charge in [-0.3, -0.25) is 4.79 Å². The van der Waals surface area contributed by atoms with E-state index in [0.717, 1.165) is 12.8 Å². The number of nitrogens with one attached hydrogen (secondary N) is 2. The standard InChI is InChI=1S/C9H14ClN3O/c1-3-6(4-2)13-8-7(10)9(14)12-5-11-8/h5-6H,3-4H2,1-2H3,(H2,11,12,13,14). The summed E-state index contributed by atoms with van der Waals surface area (Å²) in [7, 11) is 0. The Morgan fingerprint density at radius 2 is 2.21 bits per heavy atom. The molecule has 0 aliphatic carbocycles. The zero-order chi connectivity index (χ0) is 10.6. The van der Waals surface area contributed by atoms with Gasteiger partial charge in [-0.05, 0) is 12.8 Å². The van der Waals surface area contributed by atoms with Gasteiger partial charge in [0.15, 0.2) is 5.82 Å². The summed E-state index contributed by atoms with van der Waals surface area (Å²) in [6.45, 7) is 4.14. The molecule has 4 nitrogen and oxygen atoms in total. The van der Waals surface area contributed by atoms with E-state index in [4.69, 9.17) is 11.6 Å². The summed E-state index contributed by atoms with van der Waals surface area (Å²) >= 11 is 5.78. The van der Waals surface area contributed by atoms with Crippen LogP contribution in [-0.4, -0.2) is 16.0 Å². The average molecular weight is 216 g/mol. The van der Waals surface area contributed by atoms with E-state index in [9.17, 15) is 4.79 Å². The SMILES string of the molecule is CCC(CC)Nc1nc[nH]c(=O)c1Cl. The van der Waals surface area contributed by atoms with Gasteiger partial charge in [0.25, 0.3) is 5.56 Å². The zero-order valence-corrected chi connectivity index (χ0v) is 9.06.